The van der Waals surface area contributed by atoms with E-state index in [2.05, 4.69) is 10.6 Å². The smallest absolute Gasteiger partial charge is 0.251 e. The number of hydrogen-bond acceptors (Lipinski definition) is 2. The average Bonchev–Trinajstić information content (AvgIpc) is 2.59. The highest BCUT2D eigenvalue weighted by atomic mass is 19.1. The second kappa shape index (κ2) is 8.24. The number of carbonyl (C=O) groups is 2. The molecule has 0 aliphatic rings. The molecule has 0 saturated carbocycles. The number of nitrogens with one attached hydrogen (secondary N) is 2. The molecule has 0 unspecified atom stereocenters. The van der Waals surface area contributed by atoms with Crippen LogP contribution in [-0.4, -0.2) is 17.9 Å². The molecular formula is C19H21FN2O2. The van der Waals surface area contributed by atoms with E-state index in [0.717, 1.165) is 5.56 Å². The van der Waals surface area contributed by atoms with Crippen molar-refractivity contribution < 1.29 is 14.0 Å². The Bertz CT molecular complexity index is 684. The molecule has 2 N–H and O–H groups in total. The third-order valence-electron chi connectivity index (χ3n) is 3.65. The first-order chi connectivity index (χ1) is 11.5. The largest absolute Gasteiger partial charge is 0.350 e. The monoisotopic (exact) mass is 328 g/mol. The molecule has 1 atom stereocenters. The fraction of sp³-hybridized carbons (Fsp3) is 0.263. The van der Waals surface area contributed by atoms with Crippen LogP contribution in [0.25, 0.3) is 0 Å². The molecule has 0 saturated heterocycles. The van der Waals surface area contributed by atoms with Crippen molar-refractivity contribution in [2.24, 2.45) is 5.92 Å². The Morgan fingerprint density at radius 2 is 1.62 bits per heavy atom. The third kappa shape index (κ3) is 4.91. The third-order valence-corrected chi connectivity index (χ3v) is 3.65. The van der Waals surface area contributed by atoms with Crippen LogP contribution < -0.4 is 10.6 Å². The van der Waals surface area contributed by atoms with Gasteiger partial charge in [0.05, 0.1) is 0 Å². The van der Waals surface area contributed by atoms with Crippen LogP contribution in [0.3, 0.4) is 0 Å². The van der Waals surface area contributed by atoms with Gasteiger partial charge in [-0.2, -0.15) is 0 Å². The Labute approximate surface area is 141 Å². The van der Waals surface area contributed by atoms with Gasteiger partial charge < -0.3 is 10.6 Å². The second-order valence-electron chi connectivity index (χ2n) is 5.91. The van der Waals surface area contributed by atoms with E-state index in [9.17, 15) is 14.0 Å². The Hall–Kier alpha value is -2.69. The average molecular weight is 328 g/mol. The van der Waals surface area contributed by atoms with E-state index in [-0.39, 0.29) is 30.1 Å². The summed E-state index contributed by atoms with van der Waals surface area (Å²) in [6.45, 7) is 4.02. The van der Waals surface area contributed by atoms with Crippen molar-refractivity contribution in [3.8, 4) is 0 Å². The lowest BCUT2D eigenvalue weighted by atomic mass is 10.0. The highest BCUT2D eigenvalue weighted by Crippen LogP contribution is 2.07. The van der Waals surface area contributed by atoms with E-state index in [4.69, 9.17) is 0 Å². The zero-order valence-corrected chi connectivity index (χ0v) is 13.8. The lowest BCUT2D eigenvalue weighted by molar-refractivity contribution is -0.124. The predicted molar refractivity (Wildman–Crippen MR) is 90.8 cm³/mol. The number of benzene rings is 2. The van der Waals surface area contributed by atoms with Crippen molar-refractivity contribution in [1.82, 2.24) is 10.6 Å². The van der Waals surface area contributed by atoms with Crippen molar-refractivity contribution >= 4 is 11.8 Å². The van der Waals surface area contributed by atoms with Crippen molar-refractivity contribution in [2.75, 3.05) is 0 Å². The quantitative estimate of drug-likeness (QED) is 0.856. The molecule has 24 heavy (non-hydrogen) atoms. The number of amides is 2. The minimum Gasteiger partial charge on any atom is -0.350 e. The van der Waals surface area contributed by atoms with Crippen molar-refractivity contribution in [3.05, 3.63) is 71.5 Å². The Morgan fingerprint density at radius 3 is 2.21 bits per heavy atom. The van der Waals surface area contributed by atoms with Crippen molar-refractivity contribution in [1.29, 1.82) is 0 Å². The molecule has 2 amide bonds. The SMILES string of the molecule is CC(C)[C@H](NC(=O)c1ccccc1)C(=O)NCc1ccc(F)cc1. The van der Waals surface area contributed by atoms with Gasteiger partial charge in [-0.05, 0) is 35.7 Å². The maximum absolute atomic E-state index is 12.9. The first kappa shape index (κ1) is 17.7. The van der Waals surface area contributed by atoms with E-state index in [0.29, 0.717) is 5.56 Å². The molecule has 0 aliphatic heterocycles. The minimum atomic E-state index is -0.641. The zero-order valence-electron chi connectivity index (χ0n) is 13.8. The van der Waals surface area contributed by atoms with Crippen LogP contribution in [0.5, 0.6) is 0 Å². The zero-order chi connectivity index (χ0) is 17.5. The minimum absolute atomic E-state index is 0.0640. The summed E-state index contributed by atoms with van der Waals surface area (Å²) in [6, 6.07) is 14.0. The van der Waals surface area contributed by atoms with Crippen LogP contribution in [0, 0.1) is 11.7 Å². The van der Waals surface area contributed by atoms with Gasteiger partial charge in [-0.3, -0.25) is 9.59 Å². The molecule has 2 aromatic rings. The standard InChI is InChI=1S/C19H21FN2O2/c1-13(2)17(22-18(23)15-6-4-3-5-7-15)19(24)21-12-14-8-10-16(20)11-9-14/h3-11,13,17H,12H2,1-2H3,(H,21,24)(H,22,23)/t17-/m0/s1. The maximum atomic E-state index is 12.9. The molecule has 0 fully saturated rings. The Balaban J connectivity index is 1.97. The summed E-state index contributed by atoms with van der Waals surface area (Å²) in [7, 11) is 0. The number of carbonyl (C=O) groups excluding carboxylic acids is 2. The summed E-state index contributed by atoms with van der Waals surface area (Å²) < 4.78 is 12.9. The fourth-order valence-corrected chi connectivity index (χ4v) is 2.25. The Kier molecular flexibility index (Phi) is 6.07. The molecule has 0 bridgehead atoms. The predicted octanol–water partition coefficient (Wildman–Crippen LogP) is 2.90. The van der Waals surface area contributed by atoms with E-state index in [1.807, 2.05) is 19.9 Å². The van der Waals surface area contributed by atoms with Gasteiger partial charge in [0.2, 0.25) is 5.91 Å². The lowest BCUT2D eigenvalue weighted by Gasteiger charge is -2.21. The van der Waals surface area contributed by atoms with E-state index in [1.54, 1.807) is 36.4 Å². The molecule has 0 aliphatic carbocycles. The highest BCUT2D eigenvalue weighted by Gasteiger charge is 2.24. The normalized spacial score (nSPS) is 11.8. The molecule has 4 nitrogen and oxygen atoms in total. The van der Waals surface area contributed by atoms with Crippen molar-refractivity contribution in [2.45, 2.75) is 26.4 Å². The summed E-state index contributed by atoms with van der Waals surface area (Å²) in [4.78, 5) is 24.6. The number of halogens is 1. The van der Waals surface area contributed by atoms with Gasteiger partial charge in [-0.15, -0.1) is 0 Å². The lowest BCUT2D eigenvalue weighted by Crippen LogP contribution is -2.49. The van der Waals surface area contributed by atoms with Gasteiger partial charge in [0.1, 0.15) is 11.9 Å². The summed E-state index contributed by atoms with van der Waals surface area (Å²) >= 11 is 0. The topological polar surface area (TPSA) is 58.2 Å². The Morgan fingerprint density at radius 1 is 1.00 bits per heavy atom. The molecule has 0 spiro atoms. The molecule has 126 valence electrons. The molecule has 2 rings (SSSR count). The summed E-state index contributed by atoms with van der Waals surface area (Å²) in [5.41, 5.74) is 1.30. The molecule has 0 heterocycles. The van der Waals surface area contributed by atoms with Gasteiger partial charge in [0, 0.05) is 12.1 Å². The molecule has 2 aromatic carbocycles. The second-order valence-corrected chi connectivity index (χ2v) is 5.91. The fourth-order valence-electron chi connectivity index (χ4n) is 2.25. The van der Waals surface area contributed by atoms with Crippen LogP contribution in [0.1, 0.15) is 29.8 Å². The summed E-state index contributed by atoms with van der Waals surface area (Å²) in [5.74, 6) is -0.934. The van der Waals surface area contributed by atoms with Crippen LogP contribution >= 0.6 is 0 Å². The molecule has 5 heteroatoms. The highest BCUT2D eigenvalue weighted by molar-refractivity contribution is 5.97. The number of hydrogen-bond donors (Lipinski definition) is 2. The van der Waals surface area contributed by atoms with Gasteiger partial charge in [0.25, 0.3) is 5.91 Å². The van der Waals surface area contributed by atoms with E-state index in [1.165, 1.54) is 12.1 Å². The van der Waals surface area contributed by atoms with Gasteiger partial charge in [0.15, 0.2) is 0 Å². The van der Waals surface area contributed by atoms with E-state index >= 15 is 0 Å². The molecule has 0 radical (unpaired) electrons. The van der Waals surface area contributed by atoms with Gasteiger partial charge in [-0.1, -0.05) is 44.2 Å². The van der Waals surface area contributed by atoms with Crippen LogP contribution in [0.4, 0.5) is 4.39 Å². The molecule has 0 aromatic heterocycles. The maximum Gasteiger partial charge on any atom is 0.251 e. The van der Waals surface area contributed by atoms with Crippen LogP contribution in [-0.2, 0) is 11.3 Å². The first-order valence-electron chi connectivity index (χ1n) is 7.85. The summed E-state index contributed by atoms with van der Waals surface area (Å²) in [5, 5.41) is 5.55. The molecular weight excluding hydrogens is 307 g/mol. The first-order valence-corrected chi connectivity index (χ1v) is 7.85. The van der Waals surface area contributed by atoms with Crippen LogP contribution in [0.15, 0.2) is 54.6 Å². The summed E-state index contributed by atoms with van der Waals surface area (Å²) in [6.07, 6.45) is 0. The van der Waals surface area contributed by atoms with Gasteiger partial charge >= 0.3 is 0 Å². The van der Waals surface area contributed by atoms with Crippen LogP contribution in [0.2, 0.25) is 0 Å². The van der Waals surface area contributed by atoms with E-state index < -0.39 is 6.04 Å². The van der Waals surface area contributed by atoms with Crippen molar-refractivity contribution in [3.63, 3.8) is 0 Å². The van der Waals surface area contributed by atoms with Gasteiger partial charge in [-0.25, -0.2) is 4.39 Å². The number of rotatable bonds is 6.